The maximum atomic E-state index is 5.52. The van der Waals surface area contributed by atoms with Gasteiger partial charge >= 0.3 is 0 Å². The molecule has 2 N–H and O–H groups in total. The third-order valence-corrected chi connectivity index (χ3v) is 2.99. The average molecular weight is 235 g/mol. The molecule has 0 bridgehead atoms. The molecule has 0 aliphatic rings. The van der Waals surface area contributed by atoms with Gasteiger partial charge in [-0.3, -0.25) is 0 Å². The van der Waals surface area contributed by atoms with Crippen LogP contribution in [0.3, 0.4) is 0 Å². The second-order valence-corrected chi connectivity index (χ2v) is 5.53. The van der Waals surface area contributed by atoms with Crippen molar-refractivity contribution in [1.82, 2.24) is 0 Å². The van der Waals surface area contributed by atoms with E-state index in [1.165, 1.54) is 11.1 Å². The van der Waals surface area contributed by atoms with Crippen LogP contribution in [0.4, 0.5) is 0 Å². The zero-order valence-electron chi connectivity index (χ0n) is 11.5. The van der Waals surface area contributed by atoms with Crippen molar-refractivity contribution in [1.29, 1.82) is 0 Å². The van der Waals surface area contributed by atoms with E-state index in [9.17, 15) is 0 Å². The largest absolute Gasteiger partial charge is 0.496 e. The van der Waals surface area contributed by atoms with Gasteiger partial charge in [0.25, 0.3) is 0 Å². The van der Waals surface area contributed by atoms with Gasteiger partial charge in [0.05, 0.1) is 7.11 Å². The molecule has 0 aliphatic carbocycles. The highest BCUT2D eigenvalue weighted by molar-refractivity contribution is 5.41. The minimum absolute atomic E-state index is 0.120. The molecule has 0 atom stereocenters. The van der Waals surface area contributed by atoms with E-state index < -0.39 is 0 Å². The molecule has 1 aromatic carbocycles. The summed E-state index contributed by atoms with van der Waals surface area (Å²) in [5, 5.41) is 0. The van der Waals surface area contributed by atoms with Gasteiger partial charge in [-0.05, 0) is 48.4 Å². The molecule has 0 spiro atoms. The van der Waals surface area contributed by atoms with Crippen LogP contribution in [0.15, 0.2) is 18.2 Å². The van der Waals surface area contributed by atoms with E-state index >= 15 is 0 Å². The molecule has 0 heterocycles. The molecule has 0 saturated heterocycles. The maximum Gasteiger partial charge on any atom is 0.122 e. The molecular weight excluding hydrogens is 210 g/mol. The molecule has 0 unspecified atom stereocenters. The number of hydrogen-bond acceptors (Lipinski definition) is 2. The highest BCUT2D eigenvalue weighted by Crippen LogP contribution is 2.32. The molecule has 2 nitrogen and oxygen atoms in total. The van der Waals surface area contributed by atoms with Crippen molar-refractivity contribution in [3.8, 4) is 5.75 Å². The zero-order valence-corrected chi connectivity index (χ0v) is 11.5. The number of benzene rings is 1. The third kappa shape index (κ3) is 4.04. The zero-order chi connectivity index (χ0) is 12.9. The van der Waals surface area contributed by atoms with Crippen molar-refractivity contribution in [3.05, 3.63) is 29.3 Å². The van der Waals surface area contributed by atoms with E-state index in [-0.39, 0.29) is 5.41 Å². The van der Waals surface area contributed by atoms with Crippen LogP contribution < -0.4 is 10.5 Å². The predicted molar refractivity (Wildman–Crippen MR) is 73.7 cm³/mol. The SMILES string of the molecule is COc1ccc(CCCCN)cc1C(C)(C)C. The Kier molecular flexibility index (Phi) is 5.01. The molecule has 0 saturated carbocycles. The van der Waals surface area contributed by atoms with Gasteiger partial charge in [-0.1, -0.05) is 32.9 Å². The average Bonchev–Trinajstić information content (AvgIpc) is 2.28. The normalized spacial score (nSPS) is 11.6. The topological polar surface area (TPSA) is 35.2 Å². The Bertz CT molecular complexity index is 352. The van der Waals surface area contributed by atoms with Gasteiger partial charge in [0.1, 0.15) is 5.75 Å². The van der Waals surface area contributed by atoms with E-state index in [1.54, 1.807) is 7.11 Å². The van der Waals surface area contributed by atoms with Gasteiger partial charge < -0.3 is 10.5 Å². The molecule has 96 valence electrons. The monoisotopic (exact) mass is 235 g/mol. The lowest BCUT2D eigenvalue weighted by atomic mass is 9.85. The Morgan fingerprint density at radius 3 is 2.41 bits per heavy atom. The van der Waals surface area contributed by atoms with Gasteiger partial charge in [0, 0.05) is 0 Å². The summed E-state index contributed by atoms with van der Waals surface area (Å²) in [6, 6.07) is 6.51. The summed E-state index contributed by atoms with van der Waals surface area (Å²) >= 11 is 0. The molecule has 1 aromatic rings. The van der Waals surface area contributed by atoms with Crippen LogP contribution in [-0.4, -0.2) is 13.7 Å². The molecule has 1 rings (SSSR count). The van der Waals surface area contributed by atoms with Gasteiger partial charge in [-0.15, -0.1) is 0 Å². The maximum absolute atomic E-state index is 5.52. The second kappa shape index (κ2) is 6.06. The highest BCUT2D eigenvalue weighted by Gasteiger charge is 2.18. The second-order valence-electron chi connectivity index (χ2n) is 5.53. The Hall–Kier alpha value is -1.02. The fraction of sp³-hybridized carbons (Fsp3) is 0.600. The Labute approximate surface area is 105 Å². The predicted octanol–water partition coefficient (Wildman–Crippen LogP) is 3.27. The summed E-state index contributed by atoms with van der Waals surface area (Å²) in [6.45, 7) is 7.43. The standard InChI is InChI=1S/C15H25NO/c1-15(2,3)13-11-12(7-5-6-10-16)8-9-14(13)17-4/h8-9,11H,5-7,10,16H2,1-4H3. The van der Waals surface area contributed by atoms with Crippen LogP contribution in [0.1, 0.15) is 44.7 Å². The lowest BCUT2D eigenvalue weighted by Crippen LogP contribution is -2.13. The van der Waals surface area contributed by atoms with E-state index in [0.717, 1.165) is 31.6 Å². The van der Waals surface area contributed by atoms with E-state index in [0.29, 0.717) is 0 Å². The first kappa shape index (κ1) is 14.0. The van der Waals surface area contributed by atoms with E-state index in [1.807, 2.05) is 0 Å². The Balaban J connectivity index is 2.89. The quantitative estimate of drug-likeness (QED) is 0.795. The number of rotatable bonds is 5. The van der Waals surface area contributed by atoms with Crippen LogP contribution in [-0.2, 0) is 11.8 Å². The van der Waals surface area contributed by atoms with Crippen molar-refractivity contribution >= 4 is 0 Å². The van der Waals surface area contributed by atoms with Crippen molar-refractivity contribution in [2.75, 3.05) is 13.7 Å². The van der Waals surface area contributed by atoms with E-state index in [2.05, 4.69) is 39.0 Å². The van der Waals surface area contributed by atoms with Crippen molar-refractivity contribution in [2.24, 2.45) is 5.73 Å². The smallest absolute Gasteiger partial charge is 0.122 e. The fourth-order valence-electron chi connectivity index (χ4n) is 1.97. The first-order valence-electron chi connectivity index (χ1n) is 6.36. The number of hydrogen-bond donors (Lipinski definition) is 1. The minimum Gasteiger partial charge on any atom is -0.496 e. The molecular formula is C15H25NO. The molecule has 17 heavy (non-hydrogen) atoms. The minimum atomic E-state index is 0.120. The number of aryl methyl sites for hydroxylation is 1. The van der Waals surface area contributed by atoms with E-state index in [4.69, 9.17) is 10.5 Å². The van der Waals surface area contributed by atoms with Crippen LogP contribution in [0.2, 0.25) is 0 Å². The molecule has 0 aliphatic heterocycles. The number of methoxy groups -OCH3 is 1. The summed E-state index contributed by atoms with van der Waals surface area (Å²) in [5.41, 5.74) is 8.30. The van der Waals surface area contributed by atoms with Crippen molar-refractivity contribution in [2.45, 2.75) is 45.4 Å². The van der Waals surface area contributed by atoms with Gasteiger partial charge in [0.15, 0.2) is 0 Å². The third-order valence-electron chi connectivity index (χ3n) is 2.99. The summed E-state index contributed by atoms with van der Waals surface area (Å²) in [6.07, 6.45) is 3.35. The number of nitrogens with two attached hydrogens (primary N) is 1. The van der Waals surface area contributed by atoms with Crippen LogP contribution >= 0.6 is 0 Å². The molecule has 0 amide bonds. The van der Waals surface area contributed by atoms with Crippen molar-refractivity contribution < 1.29 is 4.74 Å². The first-order chi connectivity index (χ1) is 7.99. The summed E-state index contributed by atoms with van der Waals surface area (Å²) < 4.78 is 5.43. The summed E-state index contributed by atoms with van der Waals surface area (Å²) in [7, 11) is 1.73. The van der Waals surface area contributed by atoms with Crippen LogP contribution in [0.25, 0.3) is 0 Å². The first-order valence-corrected chi connectivity index (χ1v) is 6.36. The lowest BCUT2D eigenvalue weighted by Gasteiger charge is -2.23. The molecule has 0 aromatic heterocycles. The lowest BCUT2D eigenvalue weighted by molar-refractivity contribution is 0.397. The molecule has 0 fully saturated rings. The number of unbranched alkanes of at least 4 members (excludes halogenated alkanes) is 1. The highest BCUT2D eigenvalue weighted by atomic mass is 16.5. The van der Waals surface area contributed by atoms with Gasteiger partial charge in [0.2, 0.25) is 0 Å². The molecule has 0 radical (unpaired) electrons. The van der Waals surface area contributed by atoms with Crippen LogP contribution in [0.5, 0.6) is 5.75 Å². The van der Waals surface area contributed by atoms with Gasteiger partial charge in [-0.2, -0.15) is 0 Å². The summed E-state index contributed by atoms with van der Waals surface area (Å²) in [4.78, 5) is 0. The van der Waals surface area contributed by atoms with Gasteiger partial charge in [-0.25, -0.2) is 0 Å². The Morgan fingerprint density at radius 1 is 1.18 bits per heavy atom. The Morgan fingerprint density at radius 2 is 1.88 bits per heavy atom. The molecule has 2 heteroatoms. The number of ether oxygens (including phenoxy) is 1. The van der Waals surface area contributed by atoms with Crippen LogP contribution in [0, 0.1) is 0 Å². The fourth-order valence-corrected chi connectivity index (χ4v) is 1.97. The summed E-state index contributed by atoms with van der Waals surface area (Å²) in [5.74, 6) is 0.986. The van der Waals surface area contributed by atoms with Crippen molar-refractivity contribution in [3.63, 3.8) is 0 Å².